The summed E-state index contributed by atoms with van der Waals surface area (Å²) in [5.41, 5.74) is 1.22. The van der Waals surface area contributed by atoms with Gasteiger partial charge in [-0.25, -0.2) is 0 Å². The number of hydrogen-bond donors (Lipinski definition) is 1. The van der Waals surface area contributed by atoms with Gasteiger partial charge in [-0.2, -0.15) is 0 Å². The van der Waals surface area contributed by atoms with Gasteiger partial charge in [0.1, 0.15) is 18.4 Å². The Morgan fingerprint density at radius 2 is 1.91 bits per heavy atom. The van der Waals surface area contributed by atoms with Crippen LogP contribution in [0.2, 0.25) is 0 Å². The molecule has 1 atom stereocenters. The fourth-order valence-electron chi connectivity index (χ4n) is 3.78. The summed E-state index contributed by atoms with van der Waals surface area (Å²) in [5.74, 6) is -0.778. The number of carbonyl (C=O) groups is 3. The summed E-state index contributed by atoms with van der Waals surface area (Å²) < 4.78 is 12.0. The van der Waals surface area contributed by atoms with E-state index in [1.165, 1.54) is 4.90 Å². The summed E-state index contributed by atoms with van der Waals surface area (Å²) in [7, 11) is 0. The zero-order valence-corrected chi connectivity index (χ0v) is 21.0. The minimum Gasteiger partial charge on any atom is -0.493 e. The number of unbranched alkanes of at least 4 members (excludes halogenated alkanes) is 3. The summed E-state index contributed by atoms with van der Waals surface area (Å²) in [6, 6.07) is 13.6. The maximum Gasteiger partial charge on any atom is 0.308 e. The molecule has 182 valence electrons. The zero-order valence-electron chi connectivity index (χ0n) is 19.4. The van der Waals surface area contributed by atoms with E-state index in [9.17, 15) is 14.4 Å². The fraction of sp³-hybridized carbons (Fsp3) is 0.423. The molecule has 0 aromatic heterocycles. The second kappa shape index (κ2) is 13.1. The van der Waals surface area contributed by atoms with E-state index in [0.29, 0.717) is 31.0 Å². The van der Waals surface area contributed by atoms with E-state index < -0.39 is 12.0 Å². The lowest BCUT2D eigenvalue weighted by Gasteiger charge is -2.35. The highest BCUT2D eigenvalue weighted by atomic mass is 79.9. The highest BCUT2D eigenvalue weighted by Crippen LogP contribution is 2.27. The van der Waals surface area contributed by atoms with Crippen molar-refractivity contribution in [2.24, 2.45) is 0 Å². The van der Waals surface area contributed by atoms with Gasteiger partial charge in [-0.3, -0.25) is 14.4 Å². The van der Waals surface area contributed by atoms with Crippen molar-refractivity contribution in [2.45, 2.75) is 51.7 Å². The van der Waals surface area contributed by atoms with Crippen molar-refractivity contribution >= 4 is 33.7 Å². The van der Waals surface area contributed by atoms with Crippen LogP contribution in [-0.4, -0.2) is 48.4 Å². The number of hydrogen-bond acceptors (Lipinski definition) is 5. The van der Waals surface area contributed by atoms with Crippen molar-refractivity contribution in [3.05, 3.63) is 64.1 Å². The maximum atomic E-state index is 13.5. The van der Waals surface area contributed by atoms with Crippen LogP contribution in [0.25, 0.3) is 0 Å². The quantitative estimate of drug-likeness (QED) is 0.342. The van der Waals surface area contributed by atoms with E-state index in [1.807, 2.05) is 36.4 Å². The Morgan fingerprint density at radius 1 is 1.12 bits per heavy atom. The Hall–Kier alpha value is -2.87. The highest BCUT2D eigenvalue weighted by molar-refractivity contribution is 9.10. The van der Waals surface area contributed by atoms with Crippen LogP contribution in [0.3, 0.4) is 0 Å². The second-order valence-electron chi connectivity index (χ2n) is 8.21. The molecule has 0 radical (unpaired) electrons. The SMILES string of the molecule is CCCCCCOc1ccc(Br)cc1C(=O)N1CCNC(=O)C1CC(=O)OCc1ccccc1. The van der Waals surface area contributed by atoms with Gasteiger partial charge in [-0.05, 0) is 30.2 Å². The lowest BCUT2D eigenvalue weighted by molar-refractivity contribution is -0.148. The minimum absolute atomic E-state index is 0.115. The molecule has 1 unspecified atom stereocenters. The standard InChI is InChI=1S/C26H31BrN2O5/c1-2-3-4-8-15-33-23-12-11-20(27)16-21(23)26(32)29-14-13-28-25(31)22(29)17-24(30)34-18-19-9-6-5-7-10-19/h5-7,9-12,16,22H,2-4,8,13-15,17-18H2,1H3,(H,28,31). The van der Waals surface area contributed by atoms with E-state index in [1.54, 1.807) is 12.1 Å². The molecule has 1 heterocycles. The molecular formula is C26H31BrN2O5. The number of halogens is 1. The van der Waals surface area contributed by atoms with Crippen LogP contribution in [0.15, 0.2) is 53.0 Å². The number of rotatable bonds is 11. The van der Waals surface area contributed by atoms with Crippen molar-refractivity contribution in [1.29, 1.82) is 0 Å². The van der Waals surface area contributed by atoms with E-state index >= 15 is 0 Å². The second-order valence-corrected chi connectivity index (χ2v) is 9.12. The summed E-state index contributed by atoms with van der Waals surface area (Å²) in [6.07, 6.45) is 4.02. The van der Waals surface area contributed by atoms with Crippen molar-refractivity contribution in [3.8, 4) is 5.75 Å². The van der Waals surface area contributed by atoms with Crippen LogP contribution in [0, 0.1) is 0 Å². The van der Waals surface area contributed by atoms with Gasteiger partial charge >= 0.3 is 5.97 Å². The lowest BCUT2D eigenvalue weighted by Crippen LogP contribution is -2.57. The largest absolute Gasteiger partial charge is 0.493 e. The van der Waals surface area contributed by atoms with Crippen molar-refractivity contribution in [2.75, 3.05) is 19.7 Å². The van der Waals surface area contributed by atoms with E-state index in [0.717, 1.165) is 35.7 Å². The first-order chi connectivity index (χ1) is 16.5. The Labute approximate surface area is 208 Å². The Kier molecular flexibility index (Phi) is 9.94. The van der Waals surface area contributed by atoms with Gasteiger partial charge in [0.15, 0.2) is 0 Å². The number of carbonyl (C=O) groups excluding carboxylic acids is 3. The third-order valence-corrected chi connectivity index (χ3v) is 6.12. The molecule has 1 aliphatic rings. The molecule has 0 saturated carbocycles. The van der Waals surface area contributed by atoms with Crippen LogP contribution in [-0.2, 0) is 20.9 Å². The topological polar surface area (TPSA) is 84.9 Å². The number of ether oxygens (including phenoxy) is 2. The molecule has 2 aromatic rings. The number of nitrogens with zero attached hydrogens (tertiary/aromatic N) is 1. The molecule has 34 heavy (non-hydrogen) atoms. The van der Waals surface area contributed by atoms with Gasteiger partial charge in [0.2, 0.25) is 5.91 Å². The average Bonchev–Trinajstić information content (AvgIpc) is 2.85. The van der Waals surface area contributed by atoms with Gasteiger partial charge in [0.25, 0.3) is 5.91 Å². The van der Waals surface area contributed by atoms with Crippen LogP contribution in [0.5, 0.6) is 5.75 Å². The molecule has 1 aliphatic heterocycles. The van der Waals surface area contributed by atoms with Crippen molar-refractivity contribution in [3.63, 3.8) is 0 Å². The molecule has 7 nitrogen and oxygen atoms in total. The van der Waals surface area contributed by atoms with Crippen LogP contribution >= 0.6 is 15.9 Å². The van der Waals surface area contributed by atoms with Gasteiger partial charge in [-0.1, -0.05) is 72.4 Å². The summed E-state index contributed by atoms with van der Waals surface area (Å²) >= 11 is 3.42. The van der Waals surface area contributed by atoms with Gasteiger partial charge < -0.3 is 19.7 Å². The molecule has 8 heteroatoms. The molecule has 2 aromatic carbocycles. The predicted molar refractivity (Wildman–Crippen MR) is 132 cm³/mol. The van der Waals surface area contributed by atoms with Crippen LogP contribution < -0.4 is 10.1 Å². The van der Waals surface area contributed by atoms with Gasteiger partial charge in [-0.15, -0.1) is 0 Å². The Balaban J connectivity index is 1.69. The number of nitrogens with one attached hydrogen (secondary N) is 1. The lowest BCUT2D eigenvalue weighted by atomic mass is 10.1. The van der Waals surface area contributed by atoms with E-state index in [-0.39, 0.29) is 24.8 Å². The summed E-state index contributed by atoms with van der Waals surface area (Å²) in [6.45, 7) is 3.39. The number of piperazine rings is 1. The predicted octanol–water partition coefficient (Wildman–Crippen LogP) is 4.48. The van der Waals surface area contributed by atoms with Gasteiger partial charge in [0.05, 0.1) is 18.6 Å². The molecule has 2 amide bonds. The molecule has 0 bridgehead atoms. The first kappa shape index (κ1) is 25.7. The van der Waals surface area contributed by atoms with Gasteiger partial charge in [0, 0.05) is 17.6 Å². The van der Waals surface area contributed by atoms with E-state index in [2.05, 4.69) is 28.2 Å². The van der Waals surface area contributed by atoms with Crippen LogP contribution in [0.1, 0.15) is 54.9 Å². The zero-order chi connectivity index (χ0) is 24.3. The summed E-state index contributed by atoms with van der Waals surface area (Å²) in [4.78, 5) is 40.1. The Bertz CT molecular complexity index is 982. The number of amides is 2. The first-order valence-electron chi connectivity index (χ1n) is 11.7. The number of esters is 1. The maximum absolute atomic E-state index is 13.5. The molecule has 1 fully saturated rings. The Morgan fingerprint density at radius 3 is 2.68 bits per heavy atom. The highest BCUT2D eigenvalue weighted by Gasteiger charge is 2.36. The first-order valence-corrected chi connectivity index (χ1v) is 12.5. The van der Waals surface area contributed by atoms with Crippen LogP contribution in [0.4, 0.5) is 0 Å². The third-order valence-electron chi connectivity index (χ3n) is 5.62. The summed E-state index contributed by atoms with van der Waals surface area (Å²) in [5, 5.41) is 2.75. The van der Waals surface area contributed by atoms with E-state index in [4.69, 9.17) is 9.47 Å². The molecule has 1 saturated heterocycles. The van der Waals surface area contributed by atoms with Crippen molar-refractivity contribution < 1.29 is 23.9 Å². The third kappa shape index (κ3) is 7.32. The molecule has 0 spiro atoms. The number of benzene rings is 2. The molecule has 0 aliphatic carbocycles. The smallest absolute Gasteiger partial charge is 0.308 e. The average molecular weight is 531 g/mol. The fourth-order valence-corrected chi connectivity index (χ4v) is 4.14. The monoisotopic (exact) mass is 530 g/mol. The normalized spacial score (nSPS) is 15.5. The molecular weight excluding hydrogens is 500 g/mol. The minimum atomic E-state index is -0.944. The van der Waals surface area contributed by atoms with Crippen molar-refractivity contribution in [1.82, 2.24) is 10.2 Å². The molecule has 1 N–H and O–H groups in total. The molecule has 3 rings (SSSR count).